The van der Waals surface area contributed by atoms with Gasteiger partial charge in [-0.05, 0) is 61.2 Å². The molecule has 3 N–H and O–H groups in total. The molecule has 228 valence electrons. The topological polar surface area (TPSA) is 137 Å². The van der Waals surface area contributed by atoms with E-state index in [9.17, 15) is 14.4 Å². The van der Waals surface area contributed by atoms with Gasteiger partial charge in [-0.15, -0.1) is 0 Å². The van der Waals surface area contributed by atoms with Gasteiger partial charge in [-0.3, -0.25) is 24.4 Å². The molecule has 4 aromatic rings. The largest absolute Gasteiger partial charge is 0.382 e. The molecular weight excluding hydrogens is 582 g/mol. The fourth-order valence-corrected chi connectivity index (χ4v) is 5.80. The molecule has 13 heteroatoms. The summed E-state index contributed by atoms with van der Waals surface area (Å²) in [5, 5.41) is 15.1. The second-order valence-corrected chi connectivity index (χ2v) is 11.6. The Balaban J connectivity index is 0.000000374. The highest BCUT2D eigenvalue weighted by Gasteiger charge is 2.25. The van der Waals surface area contributed by atoms with Gasteiger partial charge in [-0.2, -0.15) is 10.1 Å². The number of anilines is 5. The van der Waals surface area contributed by atoms with Crippen molar-refractivity contribution in [3.05, 3.63) is 59.4 Å². The average molecular weight is 616 g/mol. The number of imide groups is 1. The van der Waals surface area contributed by atoms with Gasteiger partial charge in [0.2, 0.25) is 23.7 Å². The highest BCUT2D eigenvalue weighted by molar-refractivity contribution is 6.32. The highest BCUT2D eigenvalue weighted by Crippen LogP contribution is 2.32. The van der Waals surface area contributed by atoms with Crippen LogP contribution in [-0.4, -0.2) is 63.6 Å². The molecule has 0 saturated carbocycles. The minimum absolute atomic E-state index is 0.0972. The monoisotopic (exact) mass is 615 g/mol. The number of aromatic nitrogens is 4. The van der Waals surface area contributed by atoms with E-state index in [-0.39, 0.29) is 17.7 Å². The second-order valence-electron chi connectivity index (χ2n) is 11.2. The second kappa shape index (κ2) is 12.5. The Hall–Kier alpha value is -4.71. The summed E-state index contributed by atoms with van der Waals surface area (Å²) in [5.74, 6) is 1.04. The van der Waals surface area contributed by atoms with Gasteiger partial charge >= 0.3 is 0 Å². The number of rotatable bonds is 5. The number of aryl methyl sites for hydroxylation is 1. The van der Waals surface area contributed by atoms with E-state index in [1.54, 1.807) is 18.1 Å². The molecule has 0 spiro atoms. The van der Waals surface area contributed by atoms with Crippen LogP contribution in [0.4, 0.5) is 28.8 Å². The standard InChI is InChI=1S/C26H27ClN8O.C5H7NO2/c1-33-22-6-5-19(11-17(22)12-24(33)36)31-25-21(27)15-28-26(32-25)35-9-7-18(8-10-35)30-20-4-3-16-14-29-34(2)23(16)13-20;7-4-2-1-3-5(8)6-4/h3-6,11,13-15,18,30H,7-10,12H2,1-2H3,(H,28,31,32);1-3H2,(H,6,7,8). The summed E-state index contributed by atoms with van der Waals surface area (Å²) in [7, 11) is 3.76. The van der Waals surface area contributed by atoms with Crippen LogP contribution in [0.3, 0.4) is 0 Å². The fourth-order valence-electron chi connectivity index (χ4n) is 5.67. The van der Waals surface area contributed by atoms with Crippen molar-refractivity contribution in [3.8, 4) is 0 Å². The molecule has 3 amide bonds. The van der Waals surface area contributed by atoms with Crippen molar-refractivity contribution in [2.45, 2.75) is 44.6 Å². The van der Waals surface area contributed by atoms with Gasteiger partial charge in [-0.25, -0.2) is 4.98 Å². The zero-order valence-electron chi connectivity index (χ0n) is 24.6. The van der Waals surface area contributed by atoms with Crippen LogP contribution in [0.15, 0.2) is 48.8 Å². The molecule has 2 saturated heterocycles. The number of likely N-dealkylation sites (N-methyl/N-ethyl adjacent to an activating group) is 1. The van der Waals surface area contributed by atoms with E-state index in [0.717, 1.165) is 59.5 Å². The number of fused-ring (bicyclic) bond motifs is 2. The Kier molecular flexibility index (Phi) is 8.34. The minimum atomic E-state index is -0.138. The number of benzene rings is 2. The number of piperidine rings is 2. The summed E-state index contributed by atoms with van der Waals surface area (Å²) >= 11 is 6.42. The first-order valence-corrected chi connectivity index (χ1v) is 15.1. The maximum absolute atomic E-state index is 12.0. The van der Waals surface area contributed by atoms with Gasteiger partial charge < -0.3 is 20.4 Å². The maximum Gasteiger partial charge on any atom is 0.231 e. The van der Waals surface area contributed by atoms with Gasteiger partial charge in [0.05, 0.1) is 24.3 Å². The summed E-state index contributed by atoms with van der Waals surface area (Å²) in [6.45, 7) is 1.69. The number of amides is 3. The van der Waals surface area contributed by atoms with Crippen molar-refractivity contribution in [3.63, 3.8) is 0 Å². The van der Waals surface area contributed by atoms with E-state index in [1.807, 2.05) is 36.1 Å². The Morgan fingerprint density at radius 3 is 2.43 bits per heavy atom. The van der Waals surface area contributed by atoms with Crippen LogP contribution in [-0.2, 0) is 27.9 Å². The third-order valence-corrected chi connectivity index (χ3v) is 8.41. The number of nitrogens with one attached hydrogen (secondary N) is 3. The first-order chi connectivity index (χ1) is 21.2. The Morgan fingerprint density at radius 2 is 1.70 bits per heavy atom. The molecular formula is C31H34ClN9O3. The Bertz CT molecular complexity index is 1720. The quantitative estimate of drug-likeness (QED) is 0.282. The molecule has 0 atom stereocenters. The van der Waals surface area contributed by atoms with Crippen LogP contribution in [0.5, 0.6) is 0 Å². The molecule has 7 rings (SSSR count). The molecule has 2 fully saturated rings. The van der Waals surface area contributed by atoms with E-state index in [0.29, 0.717) is 48.5 Å². The lowest BCUT2D eigenvalue weighted by Crippen LogP contribution is -2.40. The number of nitrogens with zero attached hydrogens (tertiary/aromatic N) is 6. The molecule has 12 nitrogen and oxygen atoms in total. The van der Waals surface area contributed by atoms with Crippen molar-refractivity contribution in [2.75, 3.05) is 40.6 Å². The van der Waals surface area contributed by atoms with Crippen molar-refractivity contribution in [1.82, 2.24) is 25.1 Å². The smallest absolute Gasteiger partial charge is 0.231 e. The summed E-state index contributed by atoms with van der Waals surface area (Å²) < 4.78 is 1.90. The zero-order chi connectivity index (χ0) is 30.8. The minimum Gasteiger partial charge on any atom is -0.382 e. The van der Waals surface area contributed by atoms with Gasteiger partial charge in [0.1, 0.15) is 5.02 Å². The number of carbonyl (C=O) groups is 3. The van der Waals surface area contributed by atoms with E-state index >= 15 is 0 Å². The summed E-state index contributed by atoms with van der Waals surface area (Å²) in [5.41, 5.74) is 5.01. The van der Waals surface area contributed by atoms with Gasteiger partial charge in [0.25, 0.3) is 0 Å². The lowest BCUT2D eigenvalue weighted by Gasteiger charge is -2.33. The molecule has 2 aromatic heterocycles. The number of halogens is 1. The predicted molar refractivity (Wildman–Crippen MR) is 170 cm³/mol. The van der Waals surface area contributed by atoms with Crippen LogP contribution in [0.25, 0.3) is 10.9 Å². The average Bonchev–Trinajstić information content (AvgIpc) is 3.52. The van der Waals surface area contributed by atoms with E-state index in [4.69, 9.17) is 16.6 Å². The Labute approximate surface area is 259 Å². The third kappa shape index (κ3) is 6.45. The Morgan fingerprint density at radius 1 is 0.955 bits per heavy atom. The maximum atomic E-state index is 12.0. The summed E-state index contributed by atoms with van der Waals surface area (Å²) in [6, 6.07) is 12.6. The lowest BCUT2D eigenvalue weighted by atomic mass is 10.0. The molecule has 0 unspecified atom stereocenters. The zero-order valence-corrected chi connectivity index (χ0v) is 25.4. The molecule has 0 bridgehead atoms. The molecule has 0 aliphatic carbocycles. The molecule has 3 aliphatic rings. The summed E-state index contributed by atoms with van der Waals surface area (Å²) in [6.07, 6.45) is 7.61. The van der Waals surface area contributed by atoms with Gasteiger partial charge in [0.15, 0.2) is 5.82 Å². The molecule has 2 aromatic carbocycles. The van der Waals surface area contributed by atoms with Crippen LogP contribution in [0, 0.1) is 0 Å². The van der Waals surface area contributed by atoms with Gasteiger partial charge in [0, 0.05) is 68.5 Å². The first kappa shape index (κ1) is 29.4. The first-order valence-electron chi connectivity index (χ1n) is 14.7. The predicted octanol–water partition coefficient (Wildman–Crippen LogP) is 4.17. The van der Waals surface area contributed by atoms with Crippen LogP contribution < -0.4 is 25.8 Å². The van der Waals surface area contributed by atoms with Crippen LogP contribution >= 0.6 is 11.6 Å². The number of hydrogen-bond acceptors (Lipinski definition) is 9. The lowest BCUT2D eigenvalue weighted by molar-refractivity contribution is -0.133. The number of hydrogen-bond donors (Lipinski definition) is 3. The highest BCUT2D eigenvalue weighted by atomic mass is 35.5. The van der Waals surface area contributed by atoms with Crippen molar-refractivity contribution < 1.29 is 14.4 Å². The fraction of sp³-hybridized carbons (Fsp3) is 0.355. The molecule has 5 heterocycles. The number of carbonyl (C=O) groups excluding carboxylic acids is 3. The van der Waals surface area contributed by atoms with E-state index in [2.05, 4.69) is 49.1 Å². The normalized spacial score (nSPS) is 16.8. The van der Waals surface area contributed by atoms with Crippen molar-refractivity contribution in [1.29, 1.82) is 0 Å². The van der Waals surface area contributed by atoms with Crippen LogP contribution in [0.2, 0.25) is 5.02 Å². The molecule has 3 aliphatic heterocycles. The van der Waals surface area contributed by atoms with Crippen molar-refractivity contribution >= 4 is 69.1 Å². The van der Waals surface area contributed by atoms with Gasteiger partial charge in [-0.1, -0.05) is 11.6 Å². The third-order valence-electron chi connectivity index (χ3n) is 8.13. The van der Waals surface area contributed by atoms with Crippen molar-refractivity contribution in [2.24, 2.45) is 7.05 Å². The van der Waals surface area contributed by atoms with E-state index < -0.39 is 0 Å². The SMILES string of the molecule is CN1C(=O)Cc2cc(Nc3nc(N4CCC(Nc5ccc6cnn(C)c6c5)CC4)ncc3Cl)ccc21.O=C1CCCC(=O)N1. The summed E-state index contributed by atoms with van der Waals surface area (Å²) in [4.78, 5) is 45.8. The molecule has 0 radical (unpaired) electrons. The van der Waals surface area contributed by atoms with E-state index in [1.165, 1.54) is 0 Å². The molecule has 44 heavy (non-hydrogen) atoms. The van der Waals surface area contributed by atoms with Crippen LogP contribution in [0.1, 0.15) is 37.7 Å².